The van der Waals surface area contributed by atoms with E-state index in [2.05, 4.69) is 38.5 Å². The van der Waals surface area contributed by atoms with E-state index < -0.39 is 15.4 Å². The van der Waals surface area contributed by atoms with Gasteiger partial charge in [-0.2, -0.15) is 0 Å². The molecular formula is C10H21NO2Si2. The first-order chi connectivity index (χ1) is 6.72. The van der Waals surface area contributed by atoms with Crippen LogP contribution >= 0.6 is 0 Å². The van der Waals surface area contributed by atoms with Gasteiger partial charge in [-0.3, -0.25) is 0 Å². The lowest BCUT2D eigenvalue weighted by atomic mass is 10.1. The Morgan fingerprint density at radius 1 is 1.40 bits per heavy atom. The predicted octanol–water partition coefficient (Wildman–Crippen LogP) is 2.42. The molecule has 0 amide bonds. The van der Waals surface area contributed by atoms with Crippen LogP contribution in [0.2, 0.25) is 25.7 Å². The third-order valence-electron chi connectivity index (χ3n) is 3.76. The highest BCUT2D eigenvalue weighted by Gasteiger charge is 2.53. The van der Waals surface area contributed by atoms with Gasteiger partial charge in [0, 0.05) is 6.17 Å². The first kappa shape index (κ1) is 12.8. The Kier molecular flexibility index (Phi) is 3.40. The molecule has 1 atom stereocenters. The molecule has 86 valence electrons. The van der Waals surface area contributed by atoms with E-state index in [1.165, 1.54) is 6.04 Å². The minimum absolute atomic E-state index is 0.0210. The maximum Gasteiger partial charge on any atom is 0.234 e. The molecule has 0 aliphatic carbocycles. The van der Waals surface area contributed by atoms with Gasteiger partial charge in [-0.15, -0.1) is 0 Å². The van der Waals surface area contributed by atoms with Crippen LogP contribution in [0.1, 0.15) is 20.3 Å². The molecule has 0 aromatic heterocycles. The number of rotatable bonds is 2. The second-order valence-electron chi connectivity index (χ2n) is 5.84. The van der Waals surface area contributed by atoms with Crippen molar-refractivity contribution < 1.29 is 9.22 Å². The Hall–Kier alpha value is -0.226. The van der Waals surface area contributed by atoms with Crippen LogP contribution in [-0.4, -0.2) is 33.3 Å². The van der Waals surface area contributed by atoms with E-state index in [9.17, 15) is 4.79 Å². The van der Waals surface area contributed by atoms with Crippen molar-refractivity contribution in [2.45, 2.75) is 51.6 Å². The van der Waals surface area contributed by atoms with Gasteiger partial charge in [-0.1, -0.05) is 12.6 Å². The van der Waals surface area contributed by atoms with Gasteiger partial charge in [0.25, 0.3) is 0 Å². The van der Waals surface area contributed by atoms with Gasteiger partial charge in [-0.05, 0) is 33.4 Å². The summed E-state index contributed by atoms with van der Waals surface area (Å²) in [5.41, 5.74) is 0.0210. The summed E-state index contributed by atoms with van der Waals surface area (Å²) in [6.45, 7) is 11.2. The summed E-state index contributed by atoms with van der Waals surface area (Å²) >= 11 is 0. The maximum atomic E-state index is 10.2. The summed E-state index contributed by atoms with van der Waals surface area (Å²) in [6, 6.07) is 1.23. The molecule has 15 heavy (non-hydrogen) atoms. The monoisotopic (exact) mass is 243 g/mol. The zero-order chi connectivity index (χ0) is 11.7. The summed E-state index contributed by atoms with van der Waals surface area (Å²) < 4.78 is 6.28. The molecule has 1 rings (SSSR count). The molecule has 1 saturated heterocycles. The highest BCUT2D eigenvalue weighted by molar-refractivity contribution is 7.39. The number of nitrogens with zero attached hydrogens (tertiary/aromatic N) is 1. The molecule has 1 aliphatic rings. The molecule has 3 nitrogen and oxygen atoms in total. The van der Waals surface area contributed by atoms with E-state index in [1.807, 2.05) is 0 Å². The quantitative estimate of drug-likeness (QED) is 0.424. The van der Waals surface area contributed by atoms with Gasteiger partial charge in [-0.25, -0.2) is 9.79 Å². The summed E-state index contributed by atoms with van der Waals surface area (Å²) in [5.74, 6) is 0. The third-order valence-corrected chi connectivity index (χ3v) is 20.2. The zero-order valence-corrected chi connectivity index (χ0v) is 12.4. The van der Waals surface area contributed by atoms with Gasteiger partial charge in [0.15, 0.2) is 7.83 Å². The predicted molar refractivity (Wildman–Crippen MR) is 66.7 cm³/mol. The molecule has 0 saturated carbocycles. The van der Waals surface area contributed by atoms with Crippen LogP contribution in [0.5, 0.6) is 0 Å². The lowest BCUT2D eigenvalue weighted by molar-refractivity contribution is 0.0931. The summed E-state index contributed by atoms with van der Waals surface area (Å²) in [6.07, 6.45) is 3.47. The molecule has 1 fully saturated rings. The van der Waals surface area contributed by atoms with Crippen molar-refractivity contribution in [1.82, 2.24) is 0 Å². The van der Waals surface area contributed by atoms with Crippen molar-refractivity contribution in [1.29, 1.82) is 0 Å². The van der Waals surface area contributed by atoms with E-state index in [-0.39, 0.29) is 5.60 Å². The molecular weight excluding hydrogens is 222 g/mol. The van der Waals surface area contributed by atoms with Crippen molar-refractivity contribution in [3.63, 3.8) is 0 Å². The molecule has 1 heterocycles. The van der Waals surface area contributed by atoms with Crippen LogP contribution in [0, 0.1) is 0 Å². The van der Waals surface area contributed by atoms with Crippen LogP contribution in [-0.2, 0) is 9.22 Å². The van der Waals surface area contributed by atoms with Crippen LogP contribution in [0.4, 0.5) is 0 Å². The van der Waals surface area contributed by atoms with Crippen LogP contribution in [0.15, 0.2) is 4.99 Å². The smallest absolute Gasteiger partial charge is 0.234 e. The Morgan fingerprint density at radius 2 is 2.00 bits per heavy atom. The van der Waals surface area contributed by atoms with Gasteiger partial charge in [0.1, 0.15) is 7.59 Å². The number of hydrogen-bond donors (Lipinski definition) is 0. The molecule has 0 N–H and O–H groups in total. The SMILES string of the molecule is CC1(C)CC[Si](C)(CN=C=O)[Si](C)(C)O1. The zero-order valence-electron chi connectivity index (χ0n) is 10.4. The Bertz CT molecular complexity index is 298. The van der Waals surface area contributed by atoms with Crippen molar-refractivity contribution in [2.75, 3.05) is 6.17 Å². The second kappa shape index (κ2) is 3.98. The standard InChI is InChI=1S/C10H21NO2Si2/c1-10(2)6-7-15(5,9-11-8-12)14(3,4)13-10/h6-7,9H2,1-5H3. The first-order valence-corrected chi connectivity index (χ1v) is 12.3. The average Bonchev–Trinajstić information content (AvgIpc) is 2.08. The van der Waals surface area contributed by atoms with Gasteiger partial charge < -0.3 is 4.43 Å². The van der Waals surface area contributed by atoms with E-state index in [1.54, 1.807) is 6.08 Å². The fourth-order valence-corrected chi connectivity index (χ4v) is 11.8. The second-order valence-corrected chi connectivity index (χ2v) is 20.2. The highest BCUT2D eigenvalue weighted by atomic mass is 29.3. The average molecular weight is 243 g/mol. The van der Waals surface area contributed by atoms with E-state index >= 15 is 0 Å². The minimum Gasteiger partial charge on any atom is -0.415 e. The number of carbonyl (C=O) groups excluding carboxylic acids is 1. The van der Waals surface area contributed by atoms with Crippen molar-refractivity contribution in [3.05, 3.63) is 0 Å². The summed E-state index contributed by atoms with van der Waals surface area (Å²) in [5, 5.41) is 0. The fraction of sp³-hybridized carbons (Fsp3) is 0.900. The third kappa shape index (κ3) is 2.66. The molecule has 5 heteroatoms. The normalized spacial score (nSPS) is 33.1. The lowest BCUT2D eigenvalue weighted by Crippen LogP contribution is -2.67. The topological polar surface area (TPSA) is 38.7 Å². The van der Waals surface area contributed by atoms with Crippen LogP contribution in [0.25, 0.3) is 0 Å². The van der Waals surface area contributed by atoms with E-state index in [4.69, 9.17) is 4.43 Å². The Labute approximate surface area is 93.9 Å². The molecule has 0 aromatic carbocycles. The van der Waals surface area contributed by atoms with Gasteiger partial charge >= 0.3 is 0 Å². The molecule has 0 aromatic rings. The van der Waals surface area contributed by atoms with Crippen LogP contribution in [0.3, 0.4) is 0 Å². The molecule has 0 bridgehead atoms. The number of aliphatic imine (C=N–C) groups is 1. The first-order valence-electron chi connectivity index (χ1n) is 5.46. The van der Waals surface area contributed by atoms with Gasteiger partial charge in [0.05, 0.1) is 5.60 Å². The maximum absolute atomic E-state index is 10.2. The number of isocyanates is 1. The summed E-state index contributed by atoms with van der Waals surface area (Å²) in [4.78, 5) is 14.1. The number of hydrogen-bond acceptors (Lipinski definition) is 3. The van der Waals surface area contributed by atoms with Crippen molar-refractivity contribution in [2.24, 2.45) is 4.99 Å². The molecule has 0 radical (unpaired) electrons. The molecule has 1 aliphatic heterocycles. The molecule has 1 unspecified atom stereocenters. The van der Waals surface area contributed by atoms with Crippen molar-refractivity contribution >= 4 is 21.5 Å². The fourth-order valence-electron chi connectivity index (χ4n) is 2.22. The largest absolute Gasteiger partial charge is 0.415 e. The highest BCUT2D eigenvalue weighted by Crippen LogP contribution is 2.38. The molecule has 0 spiro atoms. The van der Waals surface area contributed by atoms with Crippen molar-refractivity contribution in [3.8, 4) is 0 Å². The Morgan fingerprint density at radius 3 is 2.47 bits per heavy atom. The minimum atomic E-state index is -1.65. The van der Waals surface area contributed by atoms with E-state index in [0.29, 0.717) is 6.17 Å². The summed E-state index contributed by atoms with van der Waals surface area (Å²) in [7, 11) is -3.14. The lowest BCUT2D eigenvalue weighted by Gasteiger charge is -2.50. The van der Waals surface area contributed by atoms with Gasteiger partial charge in [0.2, 0.25) is 6.08 Å². The van der Waals surface area contributed by atoms with Crippen LogP contribution < -0.4 is 0 Å². The van der Waals surface area contributed by atoms with E-state index in [0.717, 1.165) is 6.42 Å². The Balaban J connectivity index is 2.88.